The number of ketones is 1. The van der Waals surface area contributed by atoms with Crippen LogP contribution in [0, 0.1) is 40.9 Å². The van der Waals surface area contributed by atoms with Crippen LogP contribution in [0.4, 0.5) is 0 Å². The lowest BCUT2D eigenvalue weighted by Crippen LogP contribution is -2.47. The number of fused-ring (bicyclic) bond motifs is 5. The summed E-state index contributed by atoms with van der Waals surface area (Å²) in [7, 11) is 0. The first-order chi connectivity index (χ1) is 10.7. The highest BCUT2D eigenvalue weighted by Gasteiger charge is 2.55. The standard InChI is InChI=1S/C21H30O/c1-21-9-2-3-19(21)16-7-6-14-11-15(22)12-18(13-4-5-13)20(14)17(16)8-10-21/h11,13,16-20H,2-10,12H2,1H3/t16-,17+,18?,19+,20+,21+/m1/s1. The molecule has 5 aliphatic rings. The van der Waals surface area contributed by atoms with Gasteiger partial charge in [0.05, 0.1) is 0 Å². The van der Waals surface area contributed by atoms with Crippen molar-refractivity contribution in [2.75, 3.05) is 0 Å². The minimum absolute atomic E-state index is 0.447. The summed E-state index contributed by atoms with van der Waals surface area (Å²) in [6.07, 6.45) is 15.8. The van der Waals surface area contributed by atoms with E-state index in [1.54, 1.807) is 5.57 Å². The fourth-order valence-corrected chi connectivity index (χ4v) is 7.32. The Kier molecular flexibility index (Phi) is 2.96. The highest BCUT2D eigenvalue weighted by atomic mass is 16.1. The molecule has 4 saturated carbocycles. The molecule has 4 fully saturated rings. The van der Waals surface area contributed by atoms with Crippen molar-refractivity contribution in [1.82, 2.24) is 0 Å². The first kappa shape index (κ1) is 13.8. The van der Waals surface area contributed by atoms with Gasteiger partial charge in [0.2, 0.25) is 0 Å². The van der Waals surface area contributed by atoms with E-state index >= 15 is 0 Å². The van der Waals surface area contributed by atoms with E-state index in [4.69, 9.17) is 0 Å². The van der Waals surface area contributed by atoms with E-state index in [0.717, 1.165) is 41.9 Å². The van der Waals surface area contributed by atoms with Gasteiger partial charge in [-0.3, -0.25) is 4.79 Å². The third-order valence-electron chi connectivity index (χ3n) is 8.40. The zero-order valence-corrected chi connectivity index (χ0v) is 14.0. The number of rotatable bonds is 1. The van der Waals surface area contributed by atoms with E-state index in [9.17, 15) is 4.79 Å². The largest absolute Gasteiger partial charge is 0.295 e. The molecule has 5 rings (SSSR count). The molecule has 120 valence electrons. The van der Waals surface area contributed by atoms with Crippen LogP contribution >= 0.6 is 0 Å². The van der Waals surface area contributed by atoms with Crippen molar-refractivity contribution in [2.24, 2.45) is 40.9 Å². The van der Waals surface area contributed by atoms with Crippen molar-refractivity contribution in [1.29, 1.82) is 0 Å². The second kappa shape index (κ2) is 4.71. The lowest BCUT2D eigenvalue weighted by molar-refractivity contribution is -0.118. The molecule has 5 aliphatic carbocycles. The van der Waals surface area contributed by atoms with Gasteiger partial charge in [0.15, 0.2) is 5.78 Å². The van der Waals surface area contributed by atoms with Gasteiger partial charge >= 0.3 is 0 Å². The van der Waals surface area contributed by atoms with Crippen molar-refractivity contribution in [3.8, 4) is 0 Å². The Balaban J connectivity index is 1.49. The summed E-state index contributed by atoms with van der Waals surface area (Å²) in [5, 5.41) is 0. The van der Waals surface area contributed by atoms with Gasteiger partial charge in [0, 0.05) is 6.42 Å². The molecule has 0 spiro atoms. The molecule has 0 saturated heterocycles. The molecule has 0 N–H and O–H groups in total. The Bertz CT molecular complexity index is 528. The smallest absolute Gasteiger partial charge is 0.155 e. The van der Waals surface area contributed by atoms with Gasteiger partial charge in [0.25, 0.3) is 0 Å². The van der Waals surface area contributed by atoms with E-state index in [0.29, 0.717) is 11.2 Å². The van der Waals surface area contributed by atoms with Gasteiger partial charge in [-0.25, -0.2) is 0 Å². The Hall–Kier alpha value is -0.590. The molecule has 1 nitrogen and oxygen atoms in total. The molecule has 6 atom stereocenters. The van der Waals surface area contributed by atoms with E-state index in [1.807, 2.05) is 0 Å². The summed E-state index contributed by atoms with van der Waals surface area (Å²) in [6.45, 7) is 2.59. The Morgan fingerprint density at radius 2 is 1.86 bits per heavy atom. The molecule has 1 unspecified atom stereocenters. The van der Waals surface area contributed by atoms with Crippen LogP contribution in [0.25, 0.3) is 0 Å². The normalized spacial score (nSPS) is 50.9. The van der Waals surface area contributed by atoms with E-state index in [2.05, 4.69) is 13.0 Å². The summed E-state index contributed by atoms with van der Waals surface area (Å²) >= 11 is 0. The molecular formula is C21H30O. The first-order valence-corrected chi connectivity index (χ1v) is 9.89. The van der Waals surface area contributed by atoms with Gasteiger partial charge in [0.1, 0.15) is 0 Å². The fourth-order valence-electron chi connectivity index (χ4n) is 7.32. The van der Waals surface area contributed by atoms with Crippen LogP contribution in [-0.2, 0) is 4.79 Å². The molecule has 0 aromatic carbocycles. The third-order valence-corrected chi connectivity index (χ3v) is 8.40. The average Bonchev–Trinajstić information content (AvgIpc) is 3.26. The SMILES string of the molecule is C[C@@]12CCC[C@H]1[C@@H]1CCC3=CC(=O)CC(C4CC4)[C@@H]3[C@H]1CC2. The maximum Gasteiger partial charge on any atom is 0.155 e. The highest BCUT2D eigenvalue weighted by Crippen LogP contribution is 2.63. The van der Waals surface area contributed by atoms with Crippen LogP contribution in [-0.4, -0.2) is 5.78 Å². The molecular weight excluding hydrogens is 268 g/mol. The Morgan fingerprint density at radius 3 is 2.68 bits per heavy atom. The Labute approximate surface area is 134 Å². The van der Waals surface area contributed by atoms with Crippen LogP contribution in [0.2, 0.25) is 0 Å². The molecule has 0 heterocycles. The predicted octanol–water partition coefficient (Wildman–Crippen LogP) is 5.15. The van der Waals surface area contributed by atoms with Gasteiger partial charge in [-0.2, -0.15) is 0 Å². The minimum Gasteiger partial charge on any atom is -0.295 e. The quantitative estimate of drug-likeness (QED) is 0.654. The van der Waals surface area contributed by atoms with Crippen LogP contribution in [0.5, 0.6) is 0 Å². The summed E-state index contributed by atoms with van der Waals surface area (Å²) in [5.41, 5.74) is 2.25. The zero-order valence-electron chi connectivity index (χ0n) is 14.0. The molecule has 0 radical (unpaired) electrons. The van der Waals surface area contributed by atoms with Crippen molar-refractivity contribution < 1.29 is 4.79 Å². The lowest BCUT2D eigenvalue weighted by Gasteiger charge is -2.54. The van der Waals surface area contributed by atoms with Crippen molar-refractivity contribution in [3.63, 3.8) is 0 Å². The van der Waals surface area contributed by atoms with Gasteiger partial charge in [-0.05, 0) is 98.4 Å². The number of carbonyl (C=O) groups is 1. The fraction of sp³-hybridized carbons (Fsp3) is 0.857. The zero-order chi connectivity index (χ0) is 14.9. The summed E-state index contributed by atoms with van der Waals surface area (Å²) < 4.78 is 0. The summed E-state index contributed by atoms with van der Waals surface area (Å²) in [4.78, 5) is 12.2. The van der Waals surface area contributed by atoms with Crippen LogP contribution in [0.15, 0.2) is 11.6 Å². The number of carbonyl (C=O) groups excluding carboxylic acids is 1. The van der Waals surface area contributed by atoms with Gasteiger partial charge < -0.3 is 0 Å². The van der Waals surface area contributed by atoms with Crippen LogP contribution in [0.1, 0.15) is 71.1 Å². The predicted molar refractivity (Wildman–Crippen MR) is 88.3 cm³/mol. The van der Waals surface area contributed by atoms with E-state index in [1.165, 1.54) is 57.8 Å². The molecule has 0 aromatic rings. The second-order valence-corrected chi connectivity index (χ2v) is 9.47. The minimum atomic E-state index is 0.447. The van der Waals surface area contributed by atoms with Crippen molar-refractivity contribution in [2.45, 2.75) is 71.1 Å². The number of allylic oxidation sites excluding steroid dienone is 1. The maximum absolute atomic E-state index is 12.2. The monoisotopic (exact) mass is 298 g/mol. The molecule has 0 aromatic heterocycles. The van der Waals surface area contributed by atoms with Crippen molar-refractivity contribution in [3.05, 3.63) is 11.6 Å². The van der Waals surface area contributed by atoms with E-state index < -0.39 is 0 Å². The van der Waals surface area contributed by atoms with Gasteiger partial charge in [-0.15, -0.1) is 0 Å². The summed E-state index contributed by atoms with van der Waals surface area (Å²) in [5.74, 6) is 5.79. The van der Waals surface area contributed by atoms with Crippen molar-refractivity contribution >= 4 is 5.78 Å². The topological polar surface area (TPSA) is 17.1 Å². The molecule has 0 bridgehead atoms. The molecule has 1 heteroatoms. The number of hydrogen-bond donors (Lipinski definition) is 0. The highest BCUT2D eigenvalue weighted by molar-refractivity contribution is 5.91. The first-order valence-electron chi connectivity index (χ1n) is 9.89. The lowest BCUT2D eigenvalue weighted by atomic mass is 9.50. The molecule has 22 heavy (non-hydrogen) atoms. The van der Waals surface area contributed by atoms with E-state index in [-0.39, 0.29) is 0 Å². The summed E-state index contributed by atoms with van der Waals surface area (Å²) in [6, 6.07) is 0. The molecule has 0 aliphatic heterocycles. The average molecular weight is 298 g/mol. The van der Waals surface area contributed by atoms with Gasteiger partial charge in [-0.1, -0.05) is 18.9 Å². The number of hydrogen-bond acceptors (Lipinski definition) is 1. The Morgan fingerprint density at radius 1 is 1.00 bits per heavy atom. The second-order valence-electron chi connectivity index (χ2n) is 9.47. The maximum atomic E-state index is 12.2. The van der Waals surface area contributed by atoms with Crippen LogP contribution in [0.3, 0.4) is 0 Å². The van der Waals surface area contributed by atoms with Crippen LogP contribution < -0.4 is 0 Å². The molecule has 0 amide bonds. The third kappa shape index (κ3) is 1.93.